The summed E-state index contributed by atoms with van der Waals surface area (Å²) in [5, 5.41) is 14.5. The van der Waals surface area contributed by atoms with Crippen molar-refractivity contribution in [3.63, 3.8) is 0 Å². The summed E-state index contributed by atoms with van der Waals surface area (Å²) in [6.07, 6.45) is 4.74. The van der Waals surface area contributed by atoms with Crippen LogP contribution in [0.4, 0.5) is 5.69 Å². The Hall–Kier alpha value is -2.81. The van der Waals surface area contributed by atoms with Crippen LogP contribution in [0.15, 0.2) is 36.0 Å². The van der Waals surface area contributed by atoms with Gasteiger partial charge in [0.1, 0.15) is 11.6 Å². The van der Waals surface area contributed by atoms with Crippen molar-refractivity contribution in [2.24, 2.45) is 0 Å². The number of anilines is 1. The molecule has 0 spiro atoms. The van der Waals surface area contributed by atoms with Crippen molar-refractivity contribution in [2.75, 3.05) is 19.0 Å². The molecular weight excluding hydrogens is 306 g/mol. The molecule has 0 aliphatic rings. The Bertz CT molecular complexity index is 615. The number of methoxy groups -OCH3 is 1. The maximum atomic E-state index is 12.1. The van der Waals surface area contributed by atoms with Crippen molar-refractivity contribution >= 4 is 17.6 Å². The molecule has 0 saturated carbocycles. The number of benzene rings is 1. The Balaban J connectivity index is 2.54. The van der Waals surface area contributed by atoms with Crippen LogP contribution < -0.4 is 10.6 Å². The molecule has 0 bridgehead atoms. The first-order chi connectivity index (χ1) is 11.6. The van der Waals surface area contributed by atoms with Gasteiger partial charge in [-0.3, -0.25) is 9.59 Å². The van der Waals surface area contributed by atoms with E-state index in [-0.39, 0.29) is 24.5 Å². The van der Waals surface area contributed by atoms with Crippen LogP contribution >= 0.6 is 0 Å². The second-order valence-electron chi connectivity index (χ2n) is 5.20. The van der Waals surface area contributed by atoms with Crippen molar-refractivity contribution in [3.8, 4) is 6.07 Å². The van der Waals surface area contributed by atoms with E-state index in [1.165, 1.54) is 18.9 Å². The highest BCUT2D eigenvalue weighted by atomic mass is 16.5. The number of carbonyl (C=O) groups excluding carboxylic acids is 2. The fraction of sp³-hybridized carbons (Fsp3) is 0.389. The molecule has 24 heavy (non-hydrogen) atoms. The standard InChI is InChI=1S/C18H23N3O3/c1-3-4-5-14-6-8-16(9-7-14)21-18(23)15(12-19)13-20-11-10-17(22)24-2/h6-9,13,20H,3-5,10-11H2,1-2H3,(H,21,23)/b15-13-. The second kappa shape index (κ2) is 10.8. The molecule has 1 aromatic rings. The normalized spacial score (nSPS) is 10.6. The summed E-state index contributed by atoms with van der Waals surface area (Å²) >= 11 is 0. The third-order valence-corrected chi connectivity index (χ3v) is 3.34. The highest BCUT2D eigenvalue weighted by Crippen LogP contribution is 2.12. The summed E-state index contributed by atoms with van der Waals surface area (Å²) in [5.74, 6) is -0.855. The molecular formula is C18H23N3O3. The van der Waals surface area contributed by atoms with Gasteiger partial charge in [0.05, 0.1) is 13.5 Å². The molecule has 2 N–H and O–H groups in total. The van der Waals surface area contributed by atoms with Gasteiger partial charge in [0.25, 0.3) is 5.91 Å². The van der Waals surface area contributed by atoms with Crippen LogP contribution in [0.25, 0.3) is 0 Å². The van der Waals surface area contributed by atoms with E-state index in [1.807, 2.05) is 30.3 Å². The first-order valence-electron chi connectivity index (χ1n) is 7.91. The Morgan fingerprint density at radius 3 is 2.58 bits per heavy atom. The van der Waals surface area contributed by atoms with E-state index in [0.29, 0.717) is 5.69 Å². The van der Waals surface area contributed by atoms with Gasteiger partial charge < -0.3 is 15.4 Å². The van der Waals surface area contributed by atoms with Gasteiger partial charge in [0.2, 0.25) is 0 Å². The molecule has 0 aliphatic carbocycles. The van der Waals surface area contributed by atoms with E-state index >= 15 is 0 Å². The van der Waals surface area contributed by atoms with Crippen LogP contribution in [0.3, 0.4) is 0 Å². The molecule has 6 nitrogen and oxygen atoms in total. The predicted octanol–water partition coefficient (Wildman–Crippen LogP) is 2.53. The van der Waals surface area contributed by atoms with Gasteiger partial charge in [-0.05, 0) is 30.5 Å². The molecule has 1 aromatic carbocycles. The zero-order chi connectivity index (χ0) is 17.8. The van der Waals surface area contributed by atoms with Crippen molar-refractivity contribution in [2.45, 2.75) is 32.6 Å². The first kappa shape index (κ1) is 19.2. The number of amides is 1. The van der Waals surface area contributed by atoms with E-state index in [2.05, 4.69) is 22.3 Å². The monoisotopic (exact) mass is 329 g/mol. The summed E-state index contributed by atoms with van der Waals surface area (Å²) in [7, 11) is 1.31. The minimum Gasteiger partial charge on any atom is -0.469 e. The summed E-state index contributed by atoms with van der Waals surface area (Å²) in [6.45, 7) is 2.43. The van der Waals surface area contributed by atoms with Crippen LogP contribution in [0.2, 0.25) is 0 Å². The molecule has 0 heterocycles. The van der Waals surface area contributed by atoms with Gasteiger partial charge in [0.15, 0.2) is 0 Å². The largest absolute Gasteiger partial charge is 0.469 e. The average molecular weight is 329 g/mol. The first-order valence-corrected chi connectivity index (χ1v) is 7.91. The lowest BCUT2D eigenvalue weighted by Gasteiger charge is -2.06. The number of nitrogens with one attached hydrogen (secondary N) is 2. The van der Waals surface area contributed by atoms with E-state index < -0.39 is 5.91 Å². The van der Waals surface area contributed by atoms with E-state index in [4.69, 9.17) is 5.26 Å². The number of ether oxygens (including phenoxy) is 1. The summed E-state index contributed by atoms with van der Waals surface area (Å²) in [4.78, 5) is 23.0. The molecule has 1 rings (SSSR count). The number of aryl methyl sites for hydroxylation is 1. The van der Waals surface area contributed by atoms with Crippen molar-refractivity contribution in [1.29, 1.82) is 5.26 Å². The number of esters is 1. The Labute approximate surface area is 142 Å². The quantitative estimate of drug-likeness (QED) is 0.314. The average Bonchev–Trinajstić information content (AvgIpc) is 2.60. The van der Waals surface area contributed by atoms with E-state index in [9.17, 15) is 9.59 Å². The lowest BCUT2D eigenvalue weighted by molar-refractivity contribution is -0.140. The topological polar surface area (TPSA) is 91.2 Å². The third-order valence-electron chi connectivity index (χ3n) is 3.34. The maximum absolute atomic E-state index is 12.1. The number of unbranched alkanes of at least 4 members (excludes halogenated alkanes) is 1. The van der Waals surface area contributed by atoms with Gasteiger partial charge in [0, 0.05) is 18.4 Å². The van der Waals surface area contributed by atoms with Gasteiger partial charge in [-0.15, -0.1) is 0 Å². The number of nitrogens with zero attached hydrogens (tertiary/aromatic N) is 1. The number of rotatable bonds is 9. The highest BCUT2D eigenvalue weighted by molar-refractivity contribution is 6.06. The third kappa shape index (κ3) is 6.97. The Morgan fingerprint density at radius 1 is 1.29 bits per heavy atom. The van der Waals surface area contributed by atoms with Crippen LogP contribution in [0.1, 0.15) is 31.7 Å². The van der Waals surface area contributed by atoms with Crippen molar-refractivity contribution in [3.05, 3.63) is 41.6 Å². The molecule has 0 unspecified atom stereocenters. The summed E-state index contributed by atoms with van der Waals surface area (Å²) in [5.41, 5.74) is 1.79. The van der Waals surface area contributed by atoms with Crippen molar-refractivity contribution in [1.82, 2.24) is 5.32 Å². The Kier molecular flexibility index (Phi) is 8.69. The number of nitriles is 1. The smallest absolute Gasteiger partial charge is 0.307 e. The highest BCUT2D eigenvalue weighted by Gasteiger charge is 2.09. The zero-order valence-electron chi connectivity index (χ0n) is 14.1. The van der Waals surface area contributed by atoms with Gasteiger partial charge in [-0.25, -0.2) is 0 Å². The molecule has 1 amide bonds. The fourth-order valence-electron chi connectivity index (χ4n) is 1.93. The molecule has 0 atom stereocenters. The minimum absolute atomic E-state index is 0.0603. The van der Waals surface area contributed by atoms with E-state index in [1.54, 1.807) is 0 Å². The minimum atomic E-state index is -0.496. The number of hydrogen-bond acceptors (Lipinski definition) is 5. The molecule has 6 heteroatoms. The molecule has 0 aliphatic heterocycles. The van der Waals surface area contributed by atoms with Crippen molar-refractivity contribution < 1.29 is 14.3 Å². The van der Waals surface area contributed by atoms with Gasteiger partial charge >= 0.3 is 5.97 Å². The fourth-order valence-corrected chi connectivity index (χ4v) is 1.93. The zero-order valence-corrected chi connectivity index (χ0v) is 14.1. The van der Waals surface area contributed by atoms with Gasteiger partial charge in [-0.2, -0.15) is 5.26 Å². The lowest BCUT2D eigenvalue weighted by Crippen LogP contribution is -2.18. The molecule has 0 radical (unpaired) electrons. The van der Waals surface area contributed by atoms with Crippen LogP contribution in [-0.4, -0.2) is 25.5 Å². The molecule has 0 aromatic heterocycles. The van der Waals surface area contributed by atoms with Crippen LogP contribution in [0.5, 0.6) is 0 Å². The summed E-state index contributed by atoms with van der Waals surface area (Å²) < 4.78 is 4.50. The SMILES string of the molecule is CCCCc1ccc(NC(=O)/C(C#N)=C\NCCC(=O)OC)cc1. The van der Waals surface area contributed by atoms with Crippen LogP contribution in [0, 0.1) is 11.3 Å². The molecule has 128 valence electrons. The van der Waals surface area contributed by atoms with Crippen LogP contribution in [-0.2, 0) is 20.7 Å². The van der Waals surface area contributed by atoms with Gasteiger partial charge in [-0.1, -0.05) is 25.5 Å². The Morgan fingerprint density at radius 2 is 2.00 bits per heavy atom. The lowest BCUT2D eigenvalue weighted by atomic mass is 10.1. The predicted molar refractivity (Wildman–Crippen MR) is 92.0 cm³/mol. The molecule has 0 saturated heterocycles. The molecule has 0 fully saturated rings. The summed E-state index contributed by atoms with van der Waals surface area (Å²) in [6, 6.07) is 9.41. The number of carbonyl (C=O) groups is 2. The number of hydrogen-bond donors (Lipinski definition) is 2. The van der Waals surface area contributed by atoms with E-state index in [0.717, 1.165) is 19.3 Å². The second-order valence-corrected chi connectivity index (χ2v) is 5.20. The maximum Gasteiger partial charge on any atom is 0.307 e.